The van der Waals surface area contributed by atoms with Crippen LogP contribution in [0.1, 0.15) is 25.8 Å². The summed E-state index contributed by atoms with van der Waals surface area (Å²) >= 11 is 0. The molecule has 5 heteroatoms. The molecule has 0 aromatic heterocycles. The Morgan fingerprint density at radius 3 is 2.37 bits per heavy atom. The van der Waals surface area contributed by atoms with Crippen LogP contribution in [0, 0.1) is 0 Å². The SMILES string of the molecule is COc1ccc(CCC(=O)O)c(OC(C)C)c1OC. The highest BCUT2D eigenvalue weighted by atomic mass is 16.5. The van der Waals surface area contributed by atoms with Crippen molar-refractivity contribution in [1.29, 1.82) is 0 Å². The summed E-state index contributed by atoms with van der Waals surface area (Å²) in [4.78, 5) is 10.7. The minimum absolute atomic E-state index is 0.0374. The number of aryl methyl sites for hydroxylation is 1. The highest BCUT2D eigenvalue weighted by Crippen LogP contribution is 2.40. The monoisotopic (exact) mass is 268 g/mol. The predicted octanol–water partition coefficient (Wildman–Crippen LogP) is 2.51. The van der Waals surface area contributed by atoms with Gasteiger partial charge in [0.05, 0.1) is 20.3 Å². The summed E-state index contributed by atoms with van der Waals surface area (Å²) in [6.07, 6.45) is 0.395. The van der Waals surface area contributed by atoms with E-state index in [4.69, 9.17) is 19.3 Å². The minimum Gasteiger partial charge on any atom is -0.493 e. The van der Waals surface area contributed by atoms with Crippen molar-refractivity contribution in [2.45, 2.75) is 32.8 Å². The molecule has 0 unspecified atom stereocenters. The molecular weight excluding hydrogens is 248 g/mol. The van der Waals surface area contributed by atoms with Crippen LogP contribution in [0.5, 0.6) is 17.2 Å². The van der Waals surface area contributed by atoms with Gasteiger partial charge in [-0.05, 0) is 31.9 Å². The van der Waals surface area contributed by atoms with Crippen molar-refractivity contribution < 1.29 is 24.1 Å². The van der Waals surface area contributed by atoms with Gasteiger partial charge < -0.3 is 19.3 Å². The number of carbonyl (C=O) groups is 1. The smallest absolute Gasteiger partial charge is 0.303 e. The summed E-state index contributed by atoms with van der Waals surface area (Å²) in [7, 11) is 3.08. The third kappa shape index (κ3) is 4.05. The fourth-order valence-electron chi connectivity index (χ4n) is 1.74. The summed E-state index contributed by atoms with van der Waals surface area (Å²) in [5.74, 6) is 0.777. The van der Waals surface area contributed by atoms with E-state index in [-0.39, 0.29) is 12.5 Å². The molecule has 19 heavy (non-hydrogen) atoms. The average Bonchev–Trinajstić information content (AvgIpc) is 2.35. The number of benzene rings is 1. The quantitative estimate of drug-likeness (QED) is 0.823. The Balaban J connectivity index is 3.17. The molecule has 1 rings (SSSR count). The predicted molar refractivity (Wildman–Crippen MR) is 71.3 cm³/mol. The van der Waals surface area contributed by atoms with Crippen LogP contribution >= 0.6 is 0 Å². The molecule has 0 spiro atoms. The van der Waals surface area contributed by atoms with Gasteiger partial charge in [0.15, 0.2) is 11.5 Å². The van der Waals surface area contributed by atoms with E-state index < -0.39 is 5.97 Å². The largest absolute Gasteiger partial charge is 0.493 e. The van der Waals surface area contributed by atoms with Crippen LogP contribution in [0.2, 0.25) is 0 Å². The molecule has 106 valence electrons. The van der Waals surface area contributed by atoms with Gasteiger partial charge in [-0.1, -0.05) is 6.07 Å². The van der Waals surface area contributed by atoms with Gasteiger partial charge in [-0.15, -0.1) is 0 Å². The second-order valence-corrected chi connectivity index (χ2v) is 4.35. The lowest BCUT2D eigenvalue weighted by molar-refractivity contribution is -0.136. The highest BCUT2D eigenvalue weighted by Gasteiger charge is 2.18. The molecule has 0 heterocycles. The lowest BCUT2D eigenvalue weighted by atomic mass is 10.1. The Hall–Kier alpha value is -1.91. The Morgan fingerprint density at radius 1 is 1.21 bits per heavy atom. The lowest BCUT2D eigenvalue weighted by Gasteiger charge is -2.19. The van der Waals surface area contributed by atoms with Crippen LogP contribution < -0.4 is 14.2 Å². The van der Waals surface area contributed by atoms with Crippen molar-refractivity contribution >= 4 is 5.97 Å². The van der Waals surface area contributed by atoms with Crippen molar-refractivity contribution in [2.75, 3.05) is 14.2 Å². The maximum Gasteiger partial charge on any atom is 0.303 e. The first-order valence-corrected chi connectivity index (χ1v) is 6.11. The van der Waals surface area contributed by atoms with E-state index in [0.29, 0.717) is 23.7 Å². The third-order valence-corrected chi connectivity index (χ3v) is 2.54. The van der Waals surface area contributed by atoms with E-state index >= 15 is 0 Å². The average molecular weight is 268 g/mol. The molecule has 0 fully saturated rings. The van der Waals surface area contributed by atoms with Crippen molar-refractivity contribution in [2.24, 2.45) is 0 Å². The van der Waals surface area contributed by atoms with Crippen LogP contribution in [0.4, 0.5) is 0 Å². The van der Waals surface area contributed by atoms with E-state index in [2.05, 4.69) is 0 Å². The molecule has 0 aliphatic heterocycles. The first-order chi connectivity index (χ1) is 8.99. The molecule has 0 aliphatic rings. The number of hydrogen-bond donors (Lipinski definition) is 1. The number of methoxy groups -OCH3 is 2. The number of ether oxygens (including phenoxy) is 3. The van der Waals surface area contributed by atoms with E-state index in [1.807, 2.05) is 19.9 Å². The fraction of sp³-hybridized carbons (Fsp3) is 0.500. The molecule has 1 aromatic rings. The highest BCUT2D eigenvalue weighted by molar-refractivity contribution is 5.67. The molecule has 0 amide bonds. The van der Waals surface area contributed by atoms with Crippen molar-refractivity contribution in [3.05, 3.63) is 17.7 Å². The zero-order valence-electron chi connectivity index (χ0n) is 11.7. The maximum atomic E-state index is 10.7. The van der Waals surface area contributed by atoms with Crippen LogP contribution in [0.15, 0.2) is 12.1 Å². The summed E-state index contributed by atoms with van der Waals surface area (Å²) in [6, 6.07) is 3.56. The van der Waals surface area contributed by atoms with Crippen LogP contribution in [-0.2, 0) is 11.2 Å². The van der Waals surface area contributed by atoms with Crippen LogP contribution in [-0.4, -0.2) is 31.4 Å². The number of aliphatic carboxylic acids is 1. The number of carboxylic acids is 1. The number of hydrogen-bond acceptors (Lipinski definition) is 4. The summed E-state index contributed by atoms with van der Waals surface area (Å²) in [6.45, 7) is 3.81. The van der Waals surface area contributed by atoms with Gasteiger partial charge >= 0.3 is 5.97 Å². The zero-order valence-corrected chi connectivity index (χ0v) is 11.7. The van der Waals surface area contributed by atoms with Gasteiger partial charge in [0.25, 0.3) is 0 Å². The maximum absolute atomic E-state index is 10.7. The van der Waals surface area contributed by atoms with Crippen molar-refractivity contribution in [3.63, 3.8) is 0 Å². The van der Waals surface area contributed by atoms with Crippen LogP contribution in [0.25, 0.3) is 0 Å². The fourth-order valence-corrected chi connectivity index (χ4v) is 1.74. The number of carboxylic acid groups (broad SMARTS) is 1. The molecule has 0 aliphatic carbocycles. The Labute approximate surface area is 113 Å². The molecule has 0 saturated heterocycles. The topological polar surface area (TPSA) is 65.0 Å². The van der Waals surface area contributed by atoms with Gasteiger partial charge in [0.1, 0.15) is 0 Å². The molecule has 0 bridgehead atoms. The van der Waals surface area contributed by atoms with E-state index in [1.54, 1.807) is 13.2 Å². The van der Waals surface area contributed by atoms with E-state index in [1.165, 1.54) is 7.11 Å². The Morgan fingerprint density at radius 2 is 1.89 bits per heavy atom. The molecule has 0 atom stereocenters. The second kappa shape index (κ2) is 6.87. The minimum atomic E-state index is -0.842. The summed E-state index contributed by atoms with van der Waals surface area (Å²) in [5, 5.41) is 8.78. The standard InChI is InChI=1S/C14H20O5/c1-9(2)19-13-10(6-8-12(15)16)5-7-11(17-3)14(13)18-4/h5,7,9H,6,8H2,1-4H3,(H,15,16). The summed E-state index contributed by atoms with van der Waals surface area (Å²) < 4.78 is 16.3. The van der Waals surface area contributed by atoms with Gasteiger partial charge in [0, 0.05) is 6.42 Å². The second-order valence-electron chi connectivity index (χ2n) is 4.35. The van der Waals surface area contributed by atoms with E-state index in [0.717, 1.165) is 5.56 Å². The molecule has 5 nitrogen and oxygen atoms in total. The Bertz CT molecular complexity index is 440. The molecule has 1 aromatic carbocycles. The first-order valence-electron chi connectivity index (χ1n) is 6.11. The van der Waals surface area contributed by atoms with Gasteiger partial charge in [-0.3, -0.25) is 4.79 Å². The molecule has 0 saturated carbocycles. The van der Waals surface area contributed by atoms with Gasteiger partial charge in [-0.25, -0.2) is 0 Å². The summed E-state index contributed by atoms with van der Waals surface area (Å²) in [5.41, 5.74) is 0.800. The number of rotatable bonds is 7. The normalized spacial score (nSPS) is 10.4. The van der Waals surface area contributed by atoms with E-state index in [9.17, 15) is 4.79 Å². The van der Waals surface area contributed by atoms with Gasteiger partial charge in [-0.2, -0.15) is 0 Å². The first kappa shape index (κ1) is 15.1. The third-order valence-electron chi connectivity index (χ3n) is 2.54. The van der Waals surface area contributed by atoms with Crippen molar-refractivity contribution in [1.82, 2.24) is 0 Å². The van der Waals surface area contributed by atoms with Crippen LogP contribution in [0.3, 0.4) is 0 Å². The lowest BCUT2D eigenvalue weighted by Crippen LogP contribution is -2.10. The molecular formula is C14H20O5. The van der Waals surface area contributed by atoms with Crippen molar-refractivity contribution in [3.8, 4) is 17.2 Å². The zero-order chi connectivity index (χ0) is 14.4. The van der Waals surface area contributed by atoms with Gasteiger partial charge in [0.2, 0.25) is 5.75 Å². The molecule has 1 N–H and O–H groups in total. The molecule has 0 radical (unpaired) electrons. The Kier molecular flexibility index (Phi) is 5.48.